The molecule has 0 aliphatic carbocycles. The van der Waals surface area contributed by atoms with Crippen molar-refractivity contribution in [3.05, 3.63) is 23.9 Å². The zero-order valence-electron chi connectivity index (χ0n) is 9.16. The molecule has 1 unspecified atom stereocenters. The summed E-state index contributed by atoms with van der Waals surface area (Å²) in [5.74, 6) is 0.500. The van der Waals surface area contributed by atoms with E-state index in [0.717, 1.165) is 5.56 Å². The number of amides is 1. The number of carbonyl (C=O) groups excluding carboxylic acids is 1. The van der Waals surface area contributed by atoms with Crippen molar-refractivity contribution < 1.29 is 4.79 Å². The van der Waals surface area contributed by atoms with E-state index >= 15 is 0 Å². The van der Waals surface area contributed by atoms with Gasteiger partial charge in [0.1, 0.15) is 5.82 Å². The molecular formula is C11H17N3O. The Kier molecular flexibility index (Phi) is 4.24. The summed E-state index contributed by atoms with van der Waals surface area (Å²) in [5, 5.41) is 2.76. The second kappa shape index (κ2) is 5.46. The highest BCUT2D eigenvalue weighted by atomic mass is 16.1. The number of nitrogens with zero attached hydrogens (tertiary/aromatic N) is 1. The summed E-state index contributed by atoms with van der Waals surface area (Å²) in [6.07, 6.45) is 2.37. The van der Waals surface area contributed by atoms with Crippen LogP contribution in [0.15, 0.2) is 18.3 Å². The summed E-state index contributed by atoms with van der Waals surface area (Å²) in [6.45, 7) is 4.34. The summed E-state index contributed by atoms with van der Waals surface area (Å²) in [4.78, 5) is 15.7. The van der Waals surface area contributed by atoms with Crippen LogP contribution in [0.1, 0.15) is 18.9 Å². The van der Waals surface area contributed by atoms with E-state index in [0.29, 0.717) is 18.8 Å². The Morgan fingerprint density at radius 1 is 1.67 bits per heavy atom. The Balaban J connectivity index is 2.58. The van der Waals surface area contributed by atoms with Gasteiger partial charge in [0.05, 0.1) is 0 Å². The summed E-state index contributed by atoms with van der Waals surface area (Å²) >= 11 is 0. The van der Waals surface area contributed by atoms with E-state index in [-0.39, 0.29) is 11.8 Å². The fraction of sp³-hybridized carbons (Fsp3) is 0.455. The number of rotatable bonds is 4. The van der Waals surface area contributed by atoms with Gasteiger partial charge in [-0.1, -0.05) is 6.92 Å². The van der Waals surface area contributed by atoms with Crippen molar-refractivity contribution in [3.63, 3.8) is 0 Å². The number of anilines is 1. The van der Waals surface area contributed by atoms with Crippen LogP contribution >= 0.6 is 0 Å². The van der Waals surface area contributed by atoms with E-state index < -0.39 is 0 Å². The maximum atomic E-state index is 11.6. The van der Waals surface area contributed by atoms with E-state index in [4.69, 9.17) is 5.73 Å². The number of aromatic nitrogens is 1. The van der Waals surface area contributed by atoms with Gasteiger partial charge in [-0.15, -0.1) is 0 Å². The van der Waals surface area contributed by atoms with Crippen LogP contribution in [0, 0.1) is 12.8 Å². The Morgan fingerprint density at radius 2 is 2.40 bits per heavy atom. The van der Waals surface area contributed by atoms with Crippen molar-refractivity contribution in [1.82, 2.24) is 4.98 Å². The van der Waals surface area contributed by atoms with Crippen LogP contribution in [0.25, 0.3) is 0 Å². The highest BCUT2D eigenvalue weighted by Crippen LogP contribution is 2.08. The lowest BCUT2D eigenvalue weighted by Crippen LogP contribution is -2.23. The minimum absolute atomic E-state index is 0.0291. The van der Waals surface area contributed by atoms with E-state index in [1.54, 1.807) is 6.20 Å². The molecular weight excluding hydrogens is 190 g/mol. The number of aryl methyl sites for hydroxylation is 1. The van der Waals surface area contributed by atoms with Crippen molar-refractivity contribution in [1.29, 1.82) is 0 Å². The predicted octanol–water partition coefficient (Wildman–Crippen LogP) is 1.31. The molecule has 0 spiro atoms. The molecule has 3 N–H and O–H groups in total. The number of carbonyl (C=O) groups is 1. The maximum absolute atomic E-state index is 11.6. The minimum atomic E-state index is -0.0719. The van der Waals surface area contributed by atoms with Gasteiger partial charge in [0.25, 0.3) is 0 Å². The molecule has 1 aromatic rings. The lowest BCUT2D eigenvalue weighted by atomic mass is 10.1. The summed E-state index contributed by atoms with van der Waals surface area (Å²) in [7, 11) is 0. The first-order valence-electron chi connectivity index (χ1n) is 5.07. The molecule has 0 bridgehead atoms. The van der Waals surface area contributed by atoms with E-state index in [1.807, 2.05) is 26.0 Å². The van der Waals surface area contributed by atoms with Gasteiger partial charge >= 0.3 is 0 Å². The van der Waals surface area contributed by atoms with Gasteiger partial charge in [-0.25, -0.2) is 4.98 Å². The van der Waals surface area contributed by atoms with Crippen molar-refractivity contribution in [2.24, 2.45) is 11.7 Å². The first-order chi connectivity index (χ1) is 7.13. The topological polar surface area (TPSA) is 68.0 Å². The quantitative estimate of drug-likeness (QED) is 0.782. The molecule has 0 aliphatic heterocycles. The molecule has 1 rings (SSSR count). The van der Waals surface area contributed by atoms with Crippen molar-refractivity contribution in [2.75, 3.05) is 11.9 Å². The maximum Gasteiger partial charge on any atom is 0.228 e. The highest BCUT2D eigenvalue weighted by Gasteiger charge is 2.12. The normalized spacial score (nSPS) is 12.2. The fourth-order valence-corrected chi connectivity index (χ4v) is 1.24. The number of nitrogens with two attached hydrogens (primary N) is 1. The van der Waals surface area contributed by atoms with Gasteiger partial charge < -0.3 is 11.1 Å². The SMILES string of the molecule is Cc1ccnc(NC(=O)C(C)CCN)c1. The van der Waals surface area contributed by atoms with Gasteiger partial charge in [0.15, 0.2) is 0 Å². The standard InChI is InChI=1S/C11H17N3O/c1-8-4-6-13-10(7-8)14-11(15)9(2)3-5-12/h4,6-7,9H,3,5,12H2,1-2H3,(H,13,14,15). The first-order valence-corrected chi connectivity index (χ1v) is 5.07. The van der Waals surface area contributed by atoms with E-state index in [2.05, 4.69) is 10.3 Å². The zero-order valence-corrected chi connectivity index (χ0v) is 9.16. The third kappa shape index (κ3) is 3.67. The molecule has 82 valence electrons. The fourth-order valence-electron chi connectivity index (χ4n) is 1.24. The molecule has 0 radical (unpaired) electrons. The molecule has 4 nitrogen and oxygen atoms in total. The Hall–Kier alpha value is -1.42. The second-order valence-electron chi connectivity index (χ2n) is 3.69. The van der Waals surface area contributed by atoms with E-state index in [1.165, 1.54) is 0 Å². The Morgan fingerprint density at radius 3 is 3.00 bits per heavy atom. The lowest BCUT2D eigenvalue weighted by molar-refractivity contribution is -0.119. The number of nitrogens with one attached hydrogen (secondary N) is 1. The van der Waals surface area contributed by atoms with Gasteiger partial charge in [-0.05, 0) is 37.6 Å². The first kappa shape index (κ1) is 11.7. The molecule has 0 aliphatic rings. The molecule has 0 saturated heterocycles. The van der Waals surface area contributed by atoms with Crippen LogP contribution < -0.4 is 11.1 Å². The highest BCUT2D eigenvalue weighted by molar-refractivity contribution is 5.91. The largest absolute Gasteiger partial charge is 0.330 e. The second-order valence-corrected chi connectivity index (χ2v) is 3.69. The van der Waals surface area contributed by atoms with Crippen LogP contribution in [0.5, 0.6) is 0 Å². The summed E-state index contributed by atoms with van der Waals surface area (Å²) < 4.78 is 0. The lowest BCUT2D eigenvalue weighted by Gasteiger charge is -2.10. The average Bonchev–Trinajstić information content (AvgIpc) is 2.18. The van der Waals surface area contributed by atoms with Crippen molar-refractivity contribution in [3.8, 4) is 0 Å². The zero-order chi connectivity index (χ0) is 11.3. The molecule has 4 heteroatoms. The number of hydrogen-bond acceptors (Lipinski definition) is 3. The molecule has 1 atom stereocenters. The van der Waals surface area contributed by atoms with Crippen LogP contribution in [0.3, 0.4) is 0 Å². The molecule has 15 heavy (non-hydrogen) atoms. The Bertz CT molecular complexity index is 338. The summed E-state index contributed by atoms with van der Waals surface area (Å²) in [5.41, 5.74) is 6.46. The number of hydrogen-bond donors (Lipinski definition) is 2. The molecule has 0 aromatic carbocycles. The van der Waals surface area contributed by atoms with Crippen LogP contribution in [0.2, 0.25) is 0 Å². The monoisotopic (exact) mass is 207 g/mol. The van der Waals surface area contributed by atoms with Crippen LogP contribution in [-0.2, 0) is 4.79 Å². The predicted molar refractivity (Wildman–Crippen MR) is 60.4 cm³/mol. The molecule has 0 saturated carbocycles. The van der Waals surface area contributed by atoms with Crippen molar-refractivity contribution in [2.45, 2.75) is 20.3 Å². The van der Waals surface area contributed by atoms with Crippen LogP contribution in [-0.4, -0.2) is 17.4 Å². The Labute approximate surface area is 89.9 Å². The van der Waals surface area contributed by atoms with Gasteiger partial charge in [0, 0.05) is 12.1 Å². The van der Waals surface area contributed by atoms with Gasteiger partial charge in [-0.3, -0.25) is 4.79 Å². The van der Waals surface area contributed by atoms with Gasteiger partial charge in [0.2, 0.25) is 5.91 Å². The van der Waals surface area contributed by atoms with Gasteiger partial charge in [-0.2, -0.15) is 0 Å². The molecule has 0 fully saturated rings. The van der Waals surface area contributed by atoms with Crippen molar-refractivity contribution >= 4 is 11.7 Å². The smallest absolute Gasteiger partial charge is 0.228 e. The third-order valence-corrected chi connectivity index (χ3v) is 2.21. The third-order valence-electron chi connectivity index (χ3n) is 2.21. The number of pyridine rings is 1. The minimum Gasteiger partial charge on any atom is -0.330 e. The summed E-state index contributed by atoms with van der Waals surface area (Å²) in [6, 6.07) is 3.73. The average molecular weight is 207 g/mol. The molecule has 1 amide bonds. The van der Waals surface area contributed by atoms with E-state index in [9.17, 15) is 4.79 Å². The molecule has 1 aromatic heterocycles. The van der Waals surface area contributed by atoms with Crippen LogP contribution in [0.4, 0.5) is 5.82 Å². The molecule has 1 heterocycles.